The Morgan fingerprint density at radius 1 is 1.43 bits per heavy atom. The van der Waals surface area contributed by atoms with Gasteiger partial charge in [-0.2, -0.15) is 0 Å². The highest BCUT2D eigenvalue weighted by atomic mass is 32.2. The predicted molar refractivity (Wildman–Crippen MR) is 76.3 cm³/mol. The number of nitrogens with two attached hydrogens (primary N) is 1. The summed E-state index contributed by atoms with van der Waals surface area (Å²) in [7, 11) is -2.23. The normalized spacial score (nSPS) is 22.3. The molecule has 0 heterocycles. The van der Waals surface area contributed by atoms with E-state index in [1.165, 1.54) is 12.1 Å². The molecule has 8 nitrogen and oxygen atoms in total. The van der Waals surface area contributed by atoms with Gasteiger partial charge in [0.25, 0.3) is 5.69 Å². The van der Waals surface area contributed by atoms with Crippen LogP contribution in [0.4, 0.5) is 11.4 Å². The molecule has 1 aliphatic carbocycles. The van der Waals surface area contributed by atoms with Gasteiger partial charge >= 0.3 is 0 Å². The van der Waals surface area contributed by atoms with Crippen molar-refractivity contribution in [1.82, 2.24) is 4.72 Å². The lowest BCUT2D eigenvalue weighted by Crippen LogP contribution is -2.33. The Morgan fingerprint density at radius 2 is 2.14 bits per heavy atom. The molecule has 2 rings (SSSR count). The number of anilines is 1. The molecule has 1 aromatic rings. The lowest BCUT2D eigenvalue weighted by Gasteiger charge is -2.13. The first-order valence-corrected chi connectivity index (χ1v) is 7.91. The fourth-order valence-electron chi connectivity index (χ4n) is 2.40. The molecule has 0 spiro atoms. The van der Waals surface area contributed by atoms with Gasteiger partial charge in [0, 0.05) is 19.2 Å². The van der Waals surface area contributed by atoms with E-state index in [1.54, 1.807) is 7.11 Å². The summed E-state index contributed by atoms with van der Waals surface area (Å²) in [5, 5.41) is 10.8. The maximum absolute atomic E-state index is 12.3. The highest BCUT2D eigenvalue weighted by Crippen LogP contribution is 2.27. The van der Waals surface area contributed by atoms with Crippen LogP contribution in [-0.2, 0) is 14.8 Å². The standard InChI is InChI=1S/C12H17N3O5S/c1-20-9-3-2-8(6-9)14-21(18,19)10-4-5-11(13)12(7-10)15(16)17/h4-5,7-9,14H,2-3,6,13H2,1H3. The minimum absolute atomic E-state index is 0.0402. The van der Waals surface area contributed by atoms with E-state index in [-0.39, 0.29) is 22.7 Å². The van der Waals surface area contributed by atoms with Crippen molar-refractivity contribution in [2.75, 3.05) is 12.8 Å². The van der Waals surface area contributed by atoms with E-state index in [4.69, 9.17) is 10.5 Å². The second-order valence-electron chi connectivity index (χ2n) is 4.97. The van der Waals surface area contributed by atoms with Crippen LogP contribution >= 0.6 is 0 Å². The van der Waals surface area contributed by atoms with Gasteiger partial charge in [-0.05, 0) is 31.4 Å². The summed E-state index contributed by atoms with van der Waals surface area (Å²) in [5.41, 5.74) is 4.97. The van der Waals surface area contributed by atoms with Gasteiger partial charge in [-0.1, -0.05) is 0 Å². The number of nitro benzene ring substituents is 1. The summed E-state index contributed by atoms with van der Waals surface area (Å²) >= 11 is 0. The monoisotopic (exact) mass is 315 g/mol. The average Bonchev–Trinajstić information content (AvgIpc) is 2.85. The van der Waals surface area contributed by atoms with Gasteiger partial charge in [0.1, 0.15) is 5.69 Å². The van der Waals surface area contributed by atoms with E-state index in [0.717, 1.165) is 12.5 Å². The molecule has 3 N–H and O–H groups in total. The molecule has 1 saturated carbocycles. The highest BCUT2D eigenvalue weighted by molar-refractivity contribution is 7.89. The molecule has 2 unspecified atom stereocenters. The quantitative estimate of drug-likeness (QED) is 0.475. The Kier molecular flexibility index (Phi) is 4.45. The molecule has 0 radical (unpaired) electrons. The summed E-state index contributed by atoms with van der Waals surface area (Å²) in [5.74, 6) is 0. The third-order valence-electron chi connectivity index (χ3n) is 3.55. The first-order chi connectivity index (χ1) is 9.83. The zero-order valence-corrected chi connectivity index (χ0v) is 12.3. The number of sulfonamides is 1. The molecule has 0 amide bonds. The van der Waals surface area contributed by atoms with Crippen LogP contribution in [0.1, 0.15) is 19.3 Å². The van der Waals surface area contributed by atoms with E-state index in [1.807, 2.05) is 0 Å². The third-order valence-corrected chi connectivity index (χ3v) is 5.07. The highest BCUT2D eigenvalue weighted by Gasteiger charge is 2.29. The molecular formula is C12H17N3O5S. The van der Waals surface area contributed by atoms with Crippen molar-refractivity contribution in [2.24, 2.45) is 0 Å². The van der Waals surface area contributed by atoms with E-state index >= 15 is 0 Å². The Balaban J connectivity index is 2.20. The molecule has 9 heteroatoms. The van der Waals surface area contributed by atoms with Gasteiger partial charge in [0.05, 0.1) is 15.9 Å². The van der Waals surface area contributed by atoms with Crippen molar-refractivity contribution >= 4 is 21.4 Å². The van der Waals surface area contributed by atoms with Crippen LogP contribution in [0, 0.1) is 10.1 Å². The minimum atomic E-state index is -3.81. The maximum atomic E-state index is 12.3. The van der Waals surface area contributed by atoms with Crippen molar-refractivity contribution in [3.8, 4) is 0 Å². The summed E-state index contributed by atoms with van der Waals surface area (Å²) in [6, 6.07) is 3.23. The van der Waals surface area contributed by atoms with E-state index in [2.05, 4.69) is 4.72 Å². The van der Waals surface area contributed by atoms with Gasteiger partial charge in [-0.25, -0.2) is 13.1 Å². The van der Waals surface area contributed by atoms with Crippen molar-refractivity contribution < 1.29 is 18.1 Å². The number of nitrogens with zero attached hydrogens (tertiary/aromatic N) is 1. The molecular weight excluding hydrogens is 298 g/mol. The first-order valence-electron chi connectivity index (χ1n) is 6.42. The Bertz CT molecular complexity index is 646. The Labute approximate surface area is 122 Å². The number of nitrogens with one attached hydrogen (secondary N) is 1. The van der Waals surface area contributed by atoms with Crippen molar-refractivity contribution in [1.29, 1.82) is 0 Å². The molecule has 2 atom stereocenters. The van der Waals surface area contributed by atoms with Crippen LogP contribution < -0.4 is 10.5 Å². The van der Waals surface area contributed by atoms with Gasteiger partial charge in [0.15, 0.2) is 0 Å². The topological polar surface area (TPSA) is 125 Å². The lowest BCUT2D eigenvalue weighted by atomic mass is 10.3. The Morgan fingerprint density at radius 3 is 2.71 bits per heavy atom. The maximum Gasteiger partial charge on any atom is 0.293 e. The molecule has 0 bridgehead atoms. The molecule has 0 saturated heterocycles. The van der Waals surface area contributed by atoms with Crippen LogP contribution in [0.5, 0.6) is 0 Å². The molecule has 0 aromatic heterocycles. The summed E-state index contributed by atoms with van der Waals surface area (Å²) in [6.07, 6.45) is 2.09. The van der Waals surface area contributed by atoms with Crippen LogP contribution in [0.15, 0.2) is 23.1 Å². The number of hydrogen-bond donors (Lipinski definition) is 2. The van der Waals surface area contributed by atoms with Gasteiger partial charge in [-0.15, -0.1) is 0 Å². The number of nitrogen functional groups attached to an aromatic ring is 1. The third kappa shape index (κ3) is 3.49. The van der Waals surface area contributed by atoms with E-state index in [0.29, 0.717) is 12.8 Å². The predicted octanol–water partition coefficient (Wildman–Crippen LogP) is 1.02. The SMILES string of the molecule is COC1CCC(NS(=O)(=O)c2ccc(N)c([N+](=O)[O-])c2)C1. The first kappa shape index (κ1) is 15.7. The van der Waals surface area contributed by atoms with Crippen LogP contribution in [0.25, 0.3) is 0 Å². The lowest BCUT2D eigenvalue weighted by molar-refractivity contribution is -0.384. The molecule has 1 aliphatic rings. The second kappa shape index (κ2) is 5.96. The number of rotatable bonds is 5. The largest absolute Gasteiger partial charge is 0.393 e. The number of ether oxygens (including phenoxy) is 1. The second-order valence-corrected chi connectivity index (χ2v) is 6.68. The summed E-state index contributed by atoms with van der Waals surface area (Å²) in [6.45, 7) is 0. The van der Waals surface area contributed by atoms with Crippen molar-refractivity contribution in [3.63, 3.8) is 0 Å². The van der Waals surface area contributed by atoms with Gasteiger partial charge in [-0.3, -0.25) is 10.1 Å². The molecule has 0 aliphatic heterocycles. The number of nitro groups is 1. The summed E-state index contributed by atoms with van der Waals surface area (Å²) < 4.78 is 32.2. The summed E-state index contributed by atoms with van der Waals surface area (Å²) in [4.78, 5) is 9.95. The van der Waals surface area contributed by atoms with Crippen LogP contribution in [0.2, 0.25) is 0 Å². The molecule has 116 valence electrons. The van der Waals surface area contributed by atoms with Crippen LogP contribution in [-0.4, -0.2) is 32.6 Å². The number of benzene rings is 1. The average molecular weight is 315 g/mol. The zero-order valence-electron chi connectivity index (χ0n) is 11.5. The minimum Gasteiger partial charge on any atom is -0.393 e. The van der Waals surface area contributed by atoms with E-state index < -0.39 is 20.6 Å². The fourth-order valence-corrected chi connectivity index (χ4v) is 3.70. The number of hydrogen-bond acceptors (Lipinski definition) is 6. The Hall–Kier alpha value is -1.71. The van der Waals surface area contributed by atoms with Gasteiger partial charge < -0.3 is 10.5 Å². The number of methoxy groups -OCH3 is 1. The van der Waals surface area contributed by atoms with Crippen LogP contribution in [0.3, 0.4) is 0 Å². The molecule has 21 heavy (non-hydrogen) atoms. The van der Waals surface area contributed by atoms with Gasteiger partial charge in [0.2, 0.25) is 10.0 Å². The molecule has 1 fully saturated rings. The van der Waals surface area contributed by atoms with Crippen molar-refractivity contribution in [2.45, 2.75) is 36.3 Å². The van der Waals surface area contributed by atoms with E-state index in [9.17, 15) is 18.5 Å². The zero-order chi connectivity index (χ0) is 15.6. The van der Waals surface area contributed by atoms with Crippen molar-refractivity contribution in [3.05, 3.63) is 28.3 Å². The smallest absolute Gasteiger partial charge is 0.293 e. The fraction of sp³-hybridized carbons (Fsp3) is 0.500. The molecule has 1 aromatic carbocycles.